The molecule has 4 rings (SSSR count). The topological polar surface area (TPSA) is 123 Å². The van der Waals surface area contributed by atoms with Gasteiger partial charge in [0.05, 0.1) is 35.4 Å². The van der Waals surface area contributed by atoms with Crippen molar-refractivity contribution in [2.24, 2.45) is 0 Å². The van der Waals surface area contributed by atoms with E-state index in [9.17, 15) is 31.1 Å². The highest BCUT2D eigenvalue weighted by atomic mass is 19.4. The molecule has 4 aromatic rings. The van der Waals surface area contributed by atoms with Crippen LogP contribution in [0.1, 0.15) is 35.5 Å². The van der Waals surface area contributed by atoms with Crippen LogP contribution in [0.4, 0.5) is 37.0 Å². The van der Waals surface area contributed by atoms with Gasteiger partial charge in [0.1, 0.15) is 24.5 Å². The number of carbonyl (C=O) groups is 1. The number of pyridine rings is 1. The van der Waals surface area contributed by atoms with E-state index in [4.69, 9.17) is 10.00 Å². The first-order valence-corrected chi connectivity index (χ1v) is 10.4. The maximum absolute atomic E-state index is 13.7. The molecule has 1 amide bonds. The lowest BCUT2D eigenvalue weighted by Gasteiger charge is -2.27. The molecule has 1 aromatic carbocycles. The van der Waals surface area contributed by atoms with Crippen molar-refractivity contribution in [3.8, 4) is 11.9 Å². The largest absolute Gasteiger partial charge is 0.452 e. The Morgan fingerprint density at radius 3 is 2.37 bits per heavy atom. The second-order valence-electron chi connectivity index (χ2n) is 7.68. The highest BCUT2D eigenvalue weighted by molar-refractivity contribution is 6.00. The van der Waals surface area contributed by atoms with Crippen LogP contribution in [0.15, 0.2) is 43.1 Å². The van der Waals surface area contributed by atoms with Crippen LogP contribution in [0.3, 0.4) is 0 Å². The van der Waals surface area contributed by atoms with Gasteiger partial charge in [0.2, 0.25) is 0 Å². The molecule has 0 spiro atoms. The van der Waals surface area contributed by atoms with Crippen LogP contribution in [0.25, 0.3) is 16.7 Å². The minimum Gasteiger partial charge on any atom is -0.452 e. The fraction of sp³-hybridized carbons (Fsp3) is 0.227. The van der Waals surface area contributed by atoms with Crippen molar-refractivity contribution in [2.75, 3.05) is 12.0 Å². The summed E-state index contributed by atoms with van der Waals surface area (Å²) in [6, 6.07) is 3.92. The van der Waals surface area contributed by atoms with Gasteiger partial charge in [-0.3, -0.25) is 4.90 Å². The number of benzene rings is 1. The average molecular weight is 536 g/mol. The number of halogens is 6. The minimum absolute atomic E-state index is 0.00221. The van der Waals surface area contributed by atoms with Crippen LogP contribution in [-0.4, -0.2) is 42.9 Å². The third kappa shape index (κ3) is 4.77. The normalized spacial score (nSPS) is 12.7. The van der Waals surface area contributed by atoms with Crippen molar-refractivity contribution in [2.45, 2.75) is 25.3 Å². The zero-order valence-corrected chi connectivity index (χ0v) is 19.3. The molecule has 0 fully saturated rings. The molecule has 0 bridgehead atoms. The van der Waals surface area contributed by atoms with Crippen molar-refractivity contribution < 1.29 is 35.9 Å². The molecule has 0 saturated heterocycles. The van der Waals surface area contributed by atoms with Gasteiger partial charge in [0, 0.05) is 11.6 Å². The Kier molecular flexibility index (Phi) is 6.62. The lowest BCUT2D eigenvalue weighted by atomic mass is 10.0. The summed E-state index contributed by atoms with van der Waals surface area (Å²) in [5.41, 5.74) is -3.89. The Balaban J connectivity index is 1.94. The number of methoxy groups -OCH3 is 1. The number of hydrogen-bond acceptors (Lipinski definition) is 8. The predicted octanol–water partition coefficient (Wildman–Crippen LogP) is 4.85. The molecular formula is C22H14F6N8O2. The monoisotopic (exact) mass is 536 g/mol. The van der Waals surface area contributed by atoms with E-state index in [2.05, 4.69) is 25.0 Å². The molecule has 0 N–H and O–H groups in total. The Morgan fingerprint density at radius 2 is 1.79 bits per heavy atom. The number of nitrogens with zero attached hydrogens (tertiary/aromatic N) is 8. The van der Waals surface area contributed by atoms with E-state index in [1.807, 2.05) is 6.07 Å². The van der Waals surface area contributed by atoms with E-state index < -0.39 is 52.3 Å². The number of ether oxygens (including phenoxy) is 1. The number of rotatable bonds is 4. The summed E-state index contributed by atoms with van der Waals surface area (Å²) in [6.45, 7) is 1.38. The van der Waals surface area contributed by atoms with E-state index in [0.717, 1.165) is 18.3 Å². The molecule has 1 atom stereocenters. The molecule has 0 aliphatic rings. The fourth-order valence-corrected chi connectivity index (χ4v) is 3.66. The van der Waals surface area contributed by atoms with E-state index >= 15 is 0 Å². The van der Waals surface area contributed by atoms with E-state index in [1.165, 1.54) is 29.9 Å². The molecule has 38 heavy (non-hydrogen) atoms. The van der Waals surface area contributed by atoms with Crippen LogP contribution in [-0.2, 0) is 17.1 Å². The number of nitriles is 1. The Labute approximate surface area is 209 Å². The molecule has 196 valence electrons. The van der Waals surface area contributed by atoms with Gasteiger partial charge in [-0.05, 0) is 31.2 Å². The highest BCUT2D eigenvalue weighted by Gasteiger charge is 2.40. The number of hydrogen-bond donors (Lipinski definition) is 0. The van der Waals surface area contributed by atoms with Crippen molar-refractivity contribution in [1.82, 2.24) is 29.7 Å². The molecule has 10 nitrogen and oxygen atoms in total. The maximum atomic E-state index is 13.7. The van der Waals surface area contributed by atoms with E-state index in [-0.39, 0.29) is 23.3 Å². The summed E-state index contributed by atoms with van der Waals surface area (Å²) in [5.74, 6) is -0.421. The second-order valence-corrected chi connectivity index (χ2v) is 7.68. The lowest BCUT2D eigenvalue weighted by molar-refractivity contribution is -0.142. The fourth-order valence-electron chi connectivity index (χ4n) is 3.66. The van der Waals surface area contributed by atoms with Crippen LogP contribution in [0, 0.1) is 11.3 Å². The van der Waals surface area contributed by atoms with Gasteiger partial charge in [-0.2, -0.15) is 41.4 Å². The van der Waals surface area contributed by atoms with Gasteiger partial charge in [0.15, 0.2) is 11.6 Å². The number of alkyl halides is 6. The van der Waals surface area contributed by atoms with E-state index in [0.29, 0.717) is 12.4 Å². The van der Waals surface area contributed by atoms with Crippen molar-refractivity contribution in [3.63, 3.8) is 0 Å². The summed E-state index contributed by atoms with van der Waals surface area (Å²) in [6.07, 6.45) is -8.47. The summed E-state index contributed by atoms with van der Waals surface area (Å²) >= 11 is 0. The Morgan fingerprint density at radius 1 is 1.05 bits per heavy atom. The maximum Gasteiger partial charge on any atom is 0.418 e. The Hall–Kier alpha value is -4.81. The molecule has 0 saturated carbocycles. The van der Waals surface area contributed by atoms with Crippen molar-refractivity contribution in [1.29, 1.82) is 5.26 Å². The molecule has 16 heteroatoms. The average Bonchev–Trinajstić information content (AvgIpc) is 3.37. The first-order chi connectivity index (χ1) is 17.9. The molecule has 3 aromatic heterocycles. The zero-order chi connectivity index (χ0) is 27.8. The zero-order valence-electron chi connectivity index (χ0n) is 19.3. The minimum atomic E-state index is -5.20. The number of amides is 1. The summed E-state index contributed by atoms with van der Waals surface area (Å²) in [5, 5.41) is 12.3. The first-order valence-electron chi connectivity index (χ1n) is 10.4. The third-order valence-electron chi connectivity index (χ3n) is 5.38. The van der Waals surface area contributed by atoms with Crippen LogP contribution < -0.4 is 4.90 Å². The number of carbonyl (C=O) groups excluding carboxylic acids is 1. The van der Waals surface area contributed by atoms with Gasteiger partial charge >= 0.3 is 18.4 Å². The third-order valence-corrected chi connectivity index (χ3v) is 5.38. The number of aromatic nitrogens is 6. The van der Waals surface area contributed by atoms with Gasteiger partial charge < -0.3 is 4.74 Å². The Bertz CT molecular complexity index is 1540. The van der Waals surface area contributed by atoms with Gasteiger partial charge in [-0.15, -0.1) is 0 Å². The first kappa shape index (κ1) is 26.3. The molecule has 0 radical (unpaired) electrons. The number of fused-ring (bicyclic) bond motifs is 1. The number of anilines is 1. The van der Waals surface area contributed by atoms with Gasteiger partial charge in [-0.25, -0.2) is 24.7 Å². The highest BCUT2D eigenvalue weighted by Crippen LogP contribution is 2.42. The summed E-state index contributed by atoms with van der Waals surface area (Å²) < 4.78 is 87.8. The molecule has 0 aliphatic heterocycles. The second kappa shape index (κ2) is 9.57. The lowest BCUT2D eigenvalue weighted by Crippen LogP contribution is -2.36. The van der Waals surface area contributed by atoms with Crippen LogP contribution in [0.2, 0.25) is 0 Å². The summed E-state index contributed by atoms with van der Waals surface area (Å²) in [7, 11) is 0.973. The van der Waals surface area contributed by atoms with Crippen molar-refractivity contribution in [3.05, 3.63) is 65.6 Å². The molecule has 1 unspecified atom stereocenters. The molecule has 0 aliphatic carbocycles. The molecule has 3 heterocycles. The van der Waals surface area contributed by atoms with E-state index in [1.54, 1.807) is 0 Å². The quantitative estimate of drug-likeness (QED) is 0.339. The van der Waals surface area contributed by atoms with Crippen LogP contribution in [0.5, 0.6) is 0 Å². The molecular weight excluding hydrogens is 522 g/mol. The van der Waals surface area contributed by atoms with Gasteiger partial charge in [0.25, 0.3) is 0 Å². The van der Waals surface area contributed by atoms with Gasteiger partial charge in [-0.1, -0.05) is 0 Å². The predicted molar refractivity (Wildman–Crippen MR) is 117 cm³/mol. The smallest absolute Gasteiger partial charge is 0.418 e. The summed E-state index contributed by atoms with van der Waals surface area (Å²) in [4.78, 5) is 29.2. The standard InChI is InChI=1S/C22H14F6N8O2/c1-11(18-33-10-34-36(18)16-4-3-12(7-29)8-30-16)35(20(37)38-2)19-14-5-13(21(23,24)25)6-15(22(26,27)28)17(14)31-9-32-19/h3-6,8-11H,1-2H3. The van der Waals surface area contributed by atoms with Crippen molar-refractivity contribution >= 4 is 22.8 Å². The van der Waals surface area contributed by atoms with Crippen LogP contribution >= 0.6 is 0 Å². The SMILES string of the molecule is COC(=O)N(c1ncnc2c(C(F)(F)F)cc(C(F)(F)F)cc12)C(C)c1ncnn1-c1ccc(C#N)cn1.